The topological polar surface area (TPSA) is 89.3 Å². The van der Waals surface area contributed by atoms with Crippen LogP contribution in [0.4, 0.5) is 0 Å². The Morgan fingerprint density at radius 3 is 2.17 bits per heavy atom. The molecule has 0 bridgehead atoms. The summed E-state index contributed by atoms with van der Waals surface area (Å²) in [5, 5.41) is 10.3. The normalized spacial score (nSPS) is 12.7. The molecular weight excluding hydrogens is 416 g/mol. The van der Waals surface area contributed by atoms with Gasteiger partial charge in [-0.25, -0.2) is 13.6 Å². The highest BCUT2D eigenvalue weighted by Gasteiger charge is 2.18. The van der Waals surface area contributed by atoms with E-state index in [4.69, 9.17) is 5.14 Å². The molecule has 2 aromatic carbocycles. The lowest BCUT2D eigenvalue weighted by Gasteiger charge is -2.19. The van der Waals surface area contributed by atoms with Gasteiger partial charge in [-0.05, 0) is 52.6 Å². The van der Waals surface area contributed by atoms with Gasteiger partial charge in [0.15, 0.2) is 0 Å². The summed E-state index contributed by atoms with van der Waals surface area (Å²) < 4.78 is 22.7. The Balaban J connectivity index is 1.68. The molecule has 5 nitrogen and oxygen atoms in total. The summed E-state index contributed by atoms with van der Waals surface area (Å²) in [6, 6.07) is 18.5. The van der Waals surface area contributed by atoms with Gasteiger partial charge in [-0.3, -0.25) is 4.79 Å². The number of rotatable bonds is 8. The van der Waals surface area contributed by atoms with E-state index < -0.39 is 10.0 Å². The molecule has 3 rings (SSSR count). The highest BCUT2D eigenvalue weighted by atomic mass is 32.2. The molecule has 0 saturated carbocycles. The lowest BCUT2D eigenvalue weighted by atomic mass is 9.98. The molecule has 0 spiro atoms. The number of sulfonamides is 1. The fraction of sp³-hybridized carbons (Fsp3) is 0.261. The predicted octanol–water partition coefficient (Wildman–Crippen LogP) is 4.36. The average Bonchev–Trinajstić information content (AvgIpc) is 3.25. The third kappa shape index (κ3) is 5.78. The zero-order chi connectivity index (χ0) is 21.7. The van der Waals surface area contributed by atoms with Crippen LogP contribution in [0.1, 0.15) is 53.8 Å². The number of nitrogens with one attached hydrogen (secondary N) is 1. The van der Waals surface area contributed by atoms with Gasteiger partial charge in [0.1, 0.15) is 0 Å². The smallest absolute Gasteiger partial charge is 0.238 e. The first-order chi connectivity index (χ1) is 14.2. The van der Waals surface area contributed by atoms with Crippen molar-refractivity contribution in [1.82, 2.24) is 5.32 Å². The number of thiophene rings is 1. The molecule has 0 saturated heterocycles. The van der Waals surface area contributed by atoms with Crippen molar-refractivity contribution >= 4 is 27.3 Å². The first-order valence-corrected chi connectivity index (χ1v) is 12.2. The van der Waals surface area contributed by atoms with E-state index in [2.05, 4.69) is 43.4 Å². The van der Waals surface area contributed by atoms with E-state index in [1.54, 1.807) is 23.5 Å². The second-order valence-electron chi connectivity index (χ2n) is 7.53. The monoisotopic (exact) mass is 442 g/mol. The highest BCUT2D eigenvalue weighted by molar-refractivity contribution is 7.89. The Kier molecular flexibility index (Phi) is 7.07. The number of nitrogens with two attached hydrogens (primary N) is 1. The Morgan fingerprint density at radius 1 is 1.00 bits per heavy atom. The van der Waals surface area contributed by atoms with Crippen molar-refractivity contribution < 1.29 is 13.2 Å². The first-order valence-electron chi connectivity index (χ1n) is 9.78. The standard InChI is InChI=1S/C23H26N2O3S2/c1-16(2)18-8-10-19(11-9-18)23(21-4-3-15-29-21)25-22(26)14-7-17-5-12-20(13-6-17)30(24,27)28/h3-6,8-13,15-16,23H,7,14H2,1-2H3,(H,25,26)(H2,24,27,28)/t23-/m0/s1. The molecule has 0 radical (unpaired) electrons. The number of benzene rings is 2. The van der Waals surface area contributed by atoms with Crippen LogP contribution in [0, 0.1) is 0 Å². The summed E-state index contributed by atoms with van der Waals surface area (Å²) in [6.07, 6.45) is 0.820. The number of aryl methyl sites for hydroxylation is 1. The summed E-state index contributed by atoms with van der Waals surface area (Å²) in [7, 11) is -3.71. The minimum absolute atomic E-state index is 0.0585. The summed E-state index contributed by atoms with van der Waals surface area (Å²) in [4.78, 5) is 13.8. The fourth-order valence-corrected chi connectivity index (χ4v) is 4.50. The minimum Gasteiger partial charge on any atom is -0.344 e. The number of primary sulfonamides is 1. The van der Waals surface area contributed by atoms with E-state index >= 15 is 0 Å². The average molecular weight is 443 g/mol. The van der Waals surface area contributed by atoms with Gasteiger partial charge in [0.05, 0.1) is 10.9 Å². The van der Waals surface area contributed by atoms with Crippen molar-refractivity contribution in [3.05, 3.63) is 87.6 Å². The van der Waals surface area contributed by atoms with E-state index in [9.17, 15) is 13.2 Å². The second kappa shape index (κ2) is 9.55. The Labute approximate surface area is 182 Å². The number of carbonyl (C=O) groups excluding carboxylic acids is 1. The van der Waals surface area contributed by atoms with Crippen LogP contribution >= 0.6 is 11.3 Å². The van der Waals surface area contributed by atoms with Crippen LogP contribution in [-0.4, -0.2) is 14.3 Å². The van der Waals surface area contributed by atoms with E-state index in [0.717, 1.165) is 16.0 Å². The largest absolute Gasteiger partial charge is 0.344 e. The SMILES string of the molecule is CC(C)c1ccc([C@H](NC(=O)CCc2ccc(S(N)(=O)=O)cc2)c2cccs2)cc1. The molecule has 1 amide bonds. The molecule has 0 fully saturated rings. The molecule has 3 aromatic rings. The van der Waals surface area contributed by atoms with Crippen molar-refractivity contribution in [3.63, 3.8) is 0 Å². The maximum atomic E-state index is 12.7. The second-order valence-corrected chi connectivity index (χ2v) is 10.1. The fourth-order valence-electron chi connectivity index (χ4n) is 3.18. The summed E-state index contributed by atoms with van der Waals surface area (Å²) in [6.45, 7) is 4.31. The quantitative estimate of drug-likeness (QED) is 0.543. The summed E-state index contributed by atoms with van der Waals surface area (Å²) in [5.74, 6) is 0.395. The molecule has 0 aliphatic heterocycles. The molecule has 0 unspecified atom stereocenters. The van der Waals surface area contributed by atoms with Crippen LogP contribution in [0.15, 0.2) is 70.9 Å². The molecular formula is C23H26N2O3S2. The molecule has 0 aliphatic rings. The van der Waals surface area contributed by atoms with Gasteiger partial charge < -0.3 is 5.32 Å². The first kappa shape index (κ1) is 22.2. The lowest BCUT2D eigenvalue weighted by Crippen LogP contribution is -2.29. The number of carbonyl (C=O) groups is 1. The van der Waals surface area contributed by atoms with Gasteiger partial charge in [0, 0.05) is 11.3 Å². The van der Waals surface area contributed by atoms with Crippen molar-refractivity contribution in [3.8, 4) is 0 Å². The van der Waals surface area contributed by atoms with Gasteiger partial charge in [-0.15, -0.1) is 11.3 Å². The number of amides is 1. The van der Waals surface area contributed by atoms with Crippen LogP contribution in [0.2, 0.25) is 0 Å². The summed E-state index contributed by atoms with van der Waals surface area (Å²) >= 11 is 1.61. The van der Waals surface area contributed by atoms with Crippen LogP contribution in [0.3, 0.4) is 0 Å². The molecule has 1 atom stereocenters. The maximum Gasteiger partial charge on any atom is 0.238 e. The number of hydrogen-bond donors (Lipinski definition) is 2. The van der Waals surface area contributed by atoms with Crippen LogP contribution in [0.5, 0.6) is 0 Å². The molecule has 0 aliphatic carbocycles. The molecule has 1 aromatic heterocycles. The van der Waals surface area contributed by atoms with Gasteiger partial charge >= 0.3 is 0 Å². The minimum atomic E-state index is -3.71. The van der Waals surface area contributed by atoms with E-state index in [1.807, 2.05) is 17.5 Å². The van der Waals surface area contributed by atoms with Crippen molar-refractivity contribution in [1.29, 1.82) is 0 Å². The zero-order valence-electron chi connectivity index (χ0n) is 17.0. The molecule has 1 heterocycles. The van der Waals surface area contributed by atoms with Gasteiger partial charge in [-0.2, -0.15) is 0 Å². The van der Waals surface area contributed by atoms with Crippen LogP contribution in [-0.2, 0) is 21.2 Å². The van der Waals surface area contributed by atoms with E-state index in [1.165, 1.54) is 17.7 Å². The van der Waals surface area contributed by atoms with Gasteiger partial charge in [0.2, 0.25) is 15.9 Å². The Morgan fingerprint density at radius 2 is 1.63 bits per heavy atom. The van der Waals surface area contributed by atoms with Crippen LogP contribution in [0.25, 0.3) is 0 Å². The Hall–Kier alpha value is -2.48. The molecule has 3 N–H and O–H groups in total. The molecule has 7 heteroatoms. The predicted molar refractivity (Wildman–Crippen MR) is 121 cm³/mol. The van der Waals surface area contributed by atoms with Crippen molar-refractivity contribution in [2.24, 2.45) is 5.14 Å². The van der Waals surface area contributed by atoms with Gasteiger partial charge in [0.25, 0.3) is 0 Å². The number of hydrogen-bond acceptors (Lipinski definition) is 4. The summed E-state index contributed by atoms with van der Waals surface area (Å²) in [5.41, 5.74) is 3.19. The lowest BCUT2D eigenvalue weighted by molar-refractivity contribution is -0.121. The van der Waals surface area contributed by atoms with Crippen molar-refractivity contribution in [2.75, 3.05) is 0 Å². The van der Waals surface area contributed by atoms with E-state index in [0.29, 0.717) is 18.8 Å². The van der Waals surface area contributed by atoms with Crippen molar-refractivity contribution in [2.45, 2.75) is 43.5 Å². The third-order valence-corrected chi connectivity index (χ3v) is 6.83. The maximum absolute atomic E-state index is 12.7. The Bertz CT molecular complexity index is 1070. The zero-order valence-corrected chi connectivity index (χ0v) is 18.7. The molecule has 158 valence electrons. The van der Waals surface area contributed by atoms with Gasteiger partial charge in [-0.1, -0.05) is 56.3 Å². The molecule has 30 heavy (non-hydrogen) atoms. The highest BCUT2D eigenvalue weighted by Crippen LogP contribution is 2.27. The third-order valence-electron chi connectivity index (χ3n) is 4.96. The van der Waals surface area contributed by atoms with E-state index in [-0.39, 0.29) is 16.8 Å². The van der Waals surface area contributed by atoms with Crippen LogP contribution < -0.4 is 10.5 Å².